The van der Waals surface area contributed by atoms with Gasteiger partial charge in [0.25, 0.3) is 5.69 Å². The summed E-state index contributed by atoms with van der Waals surface area (Å²) in [6.07, 6.45) is 1.49. The fourth-order valence-corrected chi connectivity index (χ4v) is 3.27. The van der Waals surface area contributed by atoms with Crippen LogP contribution in [0.4, 0.5) is 5.69 Å². The van der Waals surface area contributed by atoms with Crippen molar-refractivity contribution < 1.29 is 9.66 Å². The number of aromatic amines is 1. The number of nitro benzene ring substituents is 1. The van der Waals surface area contributed by atoms with E-state index in [1.165, 1.54) is 35.2 Å². The molecule has 144 valence electrons. The number of nitro groups is 1. The first kappa shape index (κ1) is 20.3. The zero-order chi connectivity index (χ0) is 20.3. The van der Waals surface area contributed by atoms with Gasteiger partial charge >= 0.3 is 0 Å². The second kappa shape index (κ2) is 8.70. The number of benzene rings is 2. The SMILES string of the molecule is O=[N+]([O-])c1ccc(/C=N/n2c(COc3c(Cl)cc(Cl)cc3Cl)n[nH]c2=S)cc1. The molecule has 3 rings (SSSR count). The van der Waals surface area contributed by atoms with Crippen molar-refractivity contribution in [1.82, 2.24) is 14.9 Å². The Labute approximate surface area is 178 Å². The molecule has 1 aromatic heterocycles. The van der Waals surface area contributed by atoms with Gasteiger partial charge in [0.1, 0.15) is 6.61 Å². The molecule has 2 aromatic carbocycles. The first-order chi connectivity index (χ1) is 13.3. The number of nitrogens with one attached hydrogen (secondary N) is 1. The Kier molecular flexibility index (Phi) is 6.30. The molecule has 0 saturated carbocycles. The Morgan fingerprint density at radius 2 is 1.89 bits per heavy atom. The summed E-state index contributed by atoms with van der Waals surface area (Å²) in [5, 5.41) is 22.5. The lowest BCUT2D eigenvalue weighted by molar-refractivity contribution is -0.384. The standard InChI is InChI=1S/C16H10Cl3N5O3S/c17-10-5-12(18)15(13(19)6-10)27-8-14-21-22-16(28)23(14)20-7-9-1-3-11(4-2-9)24(25)26/h1-7H,8H2,(H,22,28)/b20-7+. The molecule has 0 radical (unpaired) electrons. The molecule has 0 bridgehead atoms. The van der Waals surface area contributed by atoms with E-state index in [4.69, 9.17) is 51.8 Å². The van der Waals surface area contributed by atoms with Gasteiger partial charge < -0.3 is 4.74 Å². The average molecular weight is 459 g/mol. The van der Waals surface area contributed by atoms with Crippen LogP contribution in [-0.4, -0.2) is 26.0 Å². The predicted octanol–water partition coefficient (Wildman–Crippen LogP) is 5.27. The van der Waals surface area contributed by atoms with Gasteiger partial charge in [0.05, 0.1) is 21.2 Å². The van der Waals surface area contributed by atoms with E-state index in [9.17, 15) is 10.1 Å². The van der Waals surface area contributed by atoms with E-state index < -0.39 is 4.92 Å². The van der Waals surface area contributed by atoms with Crippen molar-refractivity contribution >= 4 is 58.9 Å². The Bertz CT molecular complexity index is 1090. The second-order valence-electron chi connectivity index (χ2n) is 5.34. The van der Waals surface area contributed by atoms with Crippen LogP contribution in [0.3, 0.4) is 0 Å². The average Bonchev–Trinajstić information content (AvgIpc) is 2.99. The summed E-state index contributed by atoms with van der Waals surface area (Å²) in [7, 11) is 0. The molecule has 0 fully saturated rings. The van der Waals surface area contributed by atoms with Crippen LogP contribution in [0.25, 0.3) is 0 Å². The van der Waals surface area contributed by atoms with E-state index in [2.05, 4.69) is 15.3 Å². The van der Waals surface area contributed by atoms with Crippen molar-refractivity contribution in [2.45, 2.75) is 6.61 Å². The fraction of sp³-hybridized carbons (Fsp3) is 0.0625. The molecule has 0 saturated heterocycles. The number of hydrogen-bond donors (Lipinski definition) is 1. The van der Waals surface area contributed by atoms with Crippen LogP contribution < -0.4 is 4.74 Å². The van der Waals surface area contributed by atoms with Crippen LogP contribution in [0.1, 0.15) is 11.4 Å². The third-order valence-electron chi connectivity index (χ3n) is 3.45. The number of nitrogens with zero attached hydrogens (tertiary/aromatic N) is 4. The van der Waals surface area contributed by atoms with Gasteiger partial charge in [-0.1, -0.05) is 34.8 Å². The molecule has 1 N–H and O–H groups in total. The number of ether oxygens (including phenoxy) is 1. The fourth-order valence-electron chi connectivity index (χ4n) is 2.15. The molecule has 0 unspecified atom stereocenters. The Balaban J connectivity index is 1.79. The summed E-state index contributed by atoms with van der Waals surface area (Å²) in [5.41, 5.74) is 0.632. The van der Waals surface area contributed by atoms with Crippen molar-refractivity contribution in [2.24, 2.45) is 5.10 Å². The minimum absolute atomic E-state index is 0.0112. The molecule has 0 aliphatic heterocycles. The molecule has 3 aromatic rings. The Morgan fingerprint density at radius 3 is 2.50 bits per heavy atom. The number of aromatic nitrogens is 3. The van der Waals surface area contributed by atoms with Gasteiger partial charge in [-0.15, -0.1) is 0 Å². The minimum atomic E-state index is -0.477. The van der Waals surface area contributed by atoms with Gasteiger partial charge in [-0.2, -0.15) is 14.9 Å². The van der Waals surface area contributed by atoms with E-state index in [1.54, 1.807) is 12.1 Å². The highest BCUT2D eigenvalue weighted by atomic mass is 35.5. The lowest BCUT2D eigenvalue weighted by Gasteiger charge is -2.09. The quantitative estimate of drug-likeness (QED) is 0.235. The van der Waals surface area contributed by atoms with Crippen LogP contribution in [0.2, 0.25) is 15.1 Å². The lowest BCUT2D eigenvalue weighted by Crippen LogP contribution is -2.05. The highest BCUT2D eigenvalue weighted by Gasteiger charge is 2.12. The smallest absolute Gasteiger partial charge is 0.269 e. The van der Waals surface area contributed by atoms with Crippen molar-refractivity contribution in [1.29, 1.82) is 0 Å². The molecule has 0 aliphatic carbocycles. The minimum Gasteiger partial charge on any atom is -0.482 e. The molecule has 1 heterocycles. The molecule has 8 nitrogen and oxygen atoms in total. The van der Waals surface area contributed by atoms with Crippen LogP contribution >= 0.6 is 47.0 Å². The normalized spacial score (nSPS) is 11.1. The highest BCUT2D eigenvalue weighted by molar-refractivity contribution is 7.71. The number of halogens is 3. The molecule has 0 atom stereocenters. The number of non-ortho nitro benzene ring substituents is 1. The molecule has 0 spiro atoms. The van der Waals surface area contributed by atoms with Crippen LogP contribution in [-0.2, 0) is 6.61 Å². The van der Waals surface area contributed by atoms with E-state index in [1.807, 2.05) is 0 Å². The van der Waals surface area contributed by atoms with Crippen molar-refractivity contribution in [3.05, 3.63) is 77.7 Å². The molecule has 0 amide bonds. The molecule has 12 heteroatoms. The second-order valence-corrected chi connectivity index (χ2v) is 6.97. The van der Waals surface area contributed by atoms with E-state index >= 15 is 0 Å². The summed E-state index contributed by atoms with van der Waals surface area (Å²) in [6, 6.07) is 8.90. The summed E-state index contributed by atoms with van der Waals surface area (Å²) < 4.78 is 7.23. The van der Waals surface area contributed by atoms with E-state index in [0.29, 0.717) is 16.4 Å². The summed E-state index contributed by atoms with van der Waals surface area (Å²) >= 11 is 23.2. The van der Waals surface area contributed by atoms with E-state index in [-0.39, 0.29) is 32.9 Å². The maximum Gasteiger partial charge on any atom is 0.269 e. The zero-order valence-corrected chi connectivity index (χ0v) is 16.9. The van der Waals surface area contributed by atoms with Gasteiger partial charge in [0, 0.05) is 17.2 Å². The first-order valence-corrected chi connectivity index (χ1v) is 9.12. The molecule has 0 aliphatic rings. The number of hydrogen-bond acceptors (Lipinski definition) is 6. The maximum absolute atomic E-state index is 10.7. The highest BCUT2D eigenvalue weighted by Crippen LogP contribution is 2.36. The topological polar surface area (TPSA) is 98.3 Å². The van der Waals surface area contributed by atoms with Gasteiger partial charge in [-0.05, 0) is 42.0 Å². The van der Waals surface area contributed by atoms with Crippen molar-refractivity contribution in [3.8, 4) is 5.75 Å². The number of rotatable bonds is 6. The van der Waals surface area contributed by atoms with Gasteiger partial charge in [0.2, 0.25) is 4.77 Å². The third-order valence-corrected chi connectivity index (χ3v) is 4.50. The zero-order valence-electron chi connectivity index (χ0n) is 13.8. The lowest BCUT2D eigenvalue weighted by atomic mass is 10.2. The monoisotopic (exact) mass is 457 g/mol. The largest absolute Gasteiger partial charge is 0.482 e. The summed E-state index contributed by atoms with van der Waals surface area (Å²) in [4.78, 5) is 10.2. The first-order valence-electron chi connectivity index (χ1n) is 7.57. The predicted molar refractivity (Wildman–Crippen MR) is 109 cm³/mol. The van der Waals surface area contributed by atoms with Gasteiger partial charge in [-0.25, -0.2) is 5.10 Å². The molecular weight excluding hydrogens is 449 g/mol. The van der Waals surface area contributed by atoms with Crippen LogP contribution in [0, 0.1) is 14.9 Å². The maximum atomic E-state index is 10.7. The summed E-state index contributed by atoms with van der Waals surface area (Å²) in [6.45, 7) is -0.0220. The van der Waals surface area contributed by atoms with Crippen molar-refractivity contribution in [2.75, 3.05) is 0 Å². The Morgan fingerprint density at radius 1 is 1.25 bits per heavy atom. The molecule has 28 heavy (non-hydrogen) atoms. The third kappa shape index (κ3) is 4.68. The van der Waals surface area contributed by atoms with Crippen LogP contribution in [0.5, 0.6) is 5.75 Å². The van der Waals surface area contributed by atoms with E-state index in [0.717, 1.165) is 0 Å². The molecular formula is C16H10Cl3N5O3S. The van der Waals surface area contributed by atoms with Gasteiger partial charge in [0.15, 0.2) is 11.6 Å². The Hall–Kier alpha value is -2.46. The van der Waals surface area contributed by atoms with Crippen molar-refractivity contribution in [3.63, 3.8) is 0 Å². The van der Waals surface area contributed by atoms with Gasteiger partial charge in [-0.3, -0.25) is 10.1 Å². The van der Waals surface area contributed by atoms with Crippen LogP contribution in [0.15, 0.2) is 41.5 Å². The summed E-state index contributed by atoms with van der Waals surface area (Å²) in [5.74, 6) is 0.623. The number of H-pyrrole nitrogens is 1.